The molecule has 0 atom stereocenters. The van der Waals surface area contributed by atoms with Gasteiger partial charge in [0.05, 0.1) is 0 Å². The third kappa shape index (κ3) is 5.29. The van der Waals surface area contributed by atoms with Gasteiger partial charge in [-0.2, -0.15) is 4.98 Å². The molecule has 0 saturated carbocycles. The first-order valence-corrected chi connectivity index (χ1v) is 6.32. The van der Waals surface area contributed by atoms with Crippen molar-refractivity contribution in [2.24, 2.45) is 0 Å². The third-order valence-electron chi connectivity index (χ3n) is 2.19. The predicted octanol–water partition coefficient (Wildman–Crippen LogP) is 2.86. The van der Waals surface area contributed by atoms with Crippen LogP contribution in [0.5, 0.6) is 0 Å². The Hall–Kier alpha value is -1.39. The topological polar surface area (TPSA) is 65.2 Å². The van der Waals surface area contributed by atoms with E-state index in [9.17, 15) is 4.79 Å². The van der Waals surface area contributed by atoms with Crippen LogP contribution < -0.4 is 0 Å². The average molecular weight is 254 g/mol. The van der Waals surface area contributed by atoms with Gasteiger partial charge in [-0.05, 0) is 27.2 Å². The normalized spacial score (nSPS) is 11.9. The van der Waals surface area contributed by atoms with Crippen LogP contribution in [0.1, 0.15) is 65.1 Å². The highest BCUT2D eigenvalue weighted by Crippen LogP contribution is 2.13. The van der Waals surface area contributed by atoms with E-state index in [4.69, 9.17) is 9.26 Å². The van der Waals surface area contributed by atoms with E-state index in [1.54, 1.807) is 0 Å². The molecule has 102 valence electrons. The molecule has 5 heteroatoms. The second-order valence-corrected chi connectivity index (χ2v) is 5.64. The Morgan fingerprint density at radius 3 is 2.56 bits per heavy atom. The van der Waals surface area contributed by atoms with Crippen molar-refractivity contribution in [2.45, 2.75) is 65.4 Å². The molecule has 1 rings (SSSR count). The van der Waals surface area contributed by atoms with E-state index in [1.165, 1.54) is 0 Å². The van der Waals surface area contributed by atoms with Gasteiger partial charge in [-0.25, -0.2) is 0 Å². The van der Waals surface area contributed by atoms with Crippen molar-refractivity contribution in [1.29, 1.82) is 0 Å². The largest absolute Gasteiger partial charge is 0.460 e. The Kier molecular flexibility index (Phi) is 4.87. The van der Waals surface area contributed by atoms with E-state index in [0.717, 1.165) is 0 Å². The van der Waals surface area contributed by atoms with Crippen LogP contribution in [0.15, 0.2) is 4.52 Å². The zero-order valence-corrected chi connectivity index (χ0v) is 11.8. The Balaban J connectivity index is 2.31. The van der Waals surface area contributed by atoms with E-state index in [1.807, 2.05) is 34.6 Å². The molecule has 1 aromatic heterocycles. The molecular formula is C13H22N2O3. The fraction of sp³-hybridized carbons (Fsp3) is 0.769. The number of hydrogen-bond acceptors (Lipinski definition) is 5. The van der Waals surface area contributed by atoms with Gasteiger partial charge < -0.3 is 9.26 Å². The molecule has 5 nitrogen and oxygen atoms in total. The summed E-state index contributed by atoms with van der Waals surface area (Å²) in [5.74, 6) is 1.36. The molecule has 0 aliphatic heterocycles. The number of carbonyl (C=O) groups excluding carboxylic acids is 1. The van der Waals surface area contributed by atoms with Crippen LogP contribution in [0.4, 0.5) is 0 Å². The number of ether oxygens (including phenoxy) is 1. The minimum absolute atomic E-state index is 0.189. The van der Waals surface area contributed by atoms with Crippen LogP contribution in [-0.4, -0.2) is 21.7 Å². The number of aromatic nitrogens is 2. The third-order valence-corrected chi connectivity index (χ3v) is 2.19. The quantitative estimate of drug-likeness (QED) is 0.756. The molecule has 0 aliphatic carbocycles. The summed E-state index contributed by atoms with van der Waals surface area (Å²) in [6, 6.07) is 0. The van der Waals surface area contributed by atoms with Crippen LogP contribution in [0, 0.1) is 0 Å². The lowest BCUT2D eigenvalue weighted by Crippen LogP contribution is -2.23. The van der Waals surface area contributed by atoms with Crippen LogP contribution in [0.3, 0.4) is 0 Å². The maximum Gasteiger partial charge on any atom is 0.306 e. The molecule has 0 bridgehead atoms. The Morgan fingerprint density at radius 1 is 1.39 bits per heavy atom. The van der Waals surface area contributed by atoms with E-state index >= 15 is 0 Å². The molecule has 0 aliphatic rings. The van der Waals surface area contributed by atoms with E-state index in [-0.39, 0.29) is 11.9 Å². The highest BCUT2D eigenvalue weighted by Gasteiger charge is 2.16. The smallest absolute Gasteiger partial charge is 0.306 e. The summed E-state index contributed by atoms with van der Waals surface area (Å²) in [5.41, 5.74) is -0.424. The Labute approximate surface area is 108 Å². The number of nitrogens with zero attached hydrogens (tertiary/aromatic N) is 2. The highest BCUT2D eigenvalue weighted by molar-refractivity contribution is 5.69. The molecule has 0 aromatic carbocycles. The number of carbonyl (C=O) groups is 1. The molecule has 0 N–H and O–H groups in total. The van der Waals surface area contributed by atoms with Crippen molar-refractivity contribution in [2.75, 3.05) is 0 Å². The molecular weight excluding hydrogens is 232 g/mol. The fourth-order valence-corrected chi connectivity index (χ4v) is 1.38. The standard InChI is InChI=1S/C13H22N2O3/c1-9(2)12-14-10(18-15-12)7-6-8-11(16)17-13(3,4)5/h9H,6-8H2,1-5H3. The van der Waals surface area contributed by atoms with Gasteiger partial charge in [0, 0.05) is 18.8 Å². The van der Waals surface area contributed by atoms with Gasteiger partial charge in [-0.15, -0.1) is 0 Å². The molecule has 0 amide bonds. The number of hydrogen-bond donors (Lipinski definition) is 0. The van der Waals surface area contributed by atoms with Gasteiger partial charge in [0.15, 0.2) is 5.82 Å². The first-order chi connectivity index (χ1) is 8.28. The Bertz CT molecular complexity index is 391. The second kappa shape index (κ2) is 5.98. The van der Waals surface area contributed by atoms with Gasteiger partial charge in [0.25, 0.3) is 0 Å². The van der Waals surface area contributed by atoms with Gasteiger partial charge >= 0.3 is 5.97 Å². The number of aryl methyl sites for hydroxylation is 1. The number of rotatable bonds is 5. The number of esters is 1. The van der Waals surface area contributed by atoms with E-state index < -0.39 is 5.60 Å². The lowest BCUT2D eigenvalue weighted by atomic mass is 10.2. The van der Waals surface area contributed by atoms with E-state index in [0.29, 0.717) is 31.0 Å². The van der Waals surface area contributed by atoms with Crippen LogP contribution >= 0.6 is 0 Å². The first kappa shape index (κ1) is 14.7. The lowest BCUT2D eigenvalue weighted by molar-refractivity contribution is -0.154. The lowest BCUT2D eigenvalue weighted by Gasteiger charge is -2.19. The van der Waals surface area contributed by atoms with Gasteiger partial charge in [0.1, 0.15) is 5.60 Å². The van der Waals surface area contributed by atoms with Gasteiger partial charge in [-0.3, -0.25) is 4.79 Å². The molecule has 0 unspecified atom stereocenters. The predicted molar refractivity (Wildman–Crippen MR) is 67.2 cm³/mol. The zero-order valence-electron chi connectivity index (χ0n) is 11.8. The fourth-order valence-electron chi connectivity index (χ4n) is 1.38. The molecule has 1 heterocycles. The van der Waals surface area contributed by atoms with Crippen molar-refractivity contribution in [3.05, 3.63) is 11.7 Å². The maximum absolute atomic E-state index is 11.5. The zero-order chi connectivity index (χ0) is 13.8. The highest BCUT2D eigenvalue weighted by atomic mass is 16.6. The first-order valence-electron chi connectivity index (χ1n) is 6.32. The van der Waals surface area contributed by atoms with Crippen LogP contribution in [0.25, 0.3) is 0 Å². The summed E-state index contributed by atoms with van der Waals surface area (Å²) in [6.07, 6.45) is 1.64. The van der Waals surface area contributed by atoms with Crippen LogP contribution in [-0.2, 0) is 16.0 Å². The van der Waals surface area contributed by atoms with E-state index in [2.05, 4.69) is 10.1 Å². The molecule has 18 heavy (non-hydrogen) atoms. The van der Waals surface area contributed by atoms with Crippen molar-refractivity contribution in [3.63, 3.8) is 0 Å². The Morgan fingerprint density at radius 2 is 2.06 bits per heavy atom. The SMILES string of the molecule is CC(C)c1noc(CCCC(=O)OC(C)(C)C)n1. The van der Waals surface area contributed by atoms with Crippen molar-refractivity contribution < 1.29 is 14.1 Å². The second-order valence-electron chi connectivity index (χ2n) is 5.64. The van der Waals surface area contributed by atoms with Crippen LogP contribution in [0.2, 0.25) is 0 Å². The summed E-state index contributed by atoms with van der Waals surface area (Å²) >= 11 is 0. The van der Waals surface area contributed by atoms with Gasteiger partial charge in [0.2, 0.25) is 5.89 Å². The molecule has 0 spiro atoms. The summed E-state index contributed by atoms with van der Waals surface area (Å²) in [4.78, 5) is 15.7. The van der Waals surface area contributed by atoms with Crippen molar-refractivity contribution in [1.82, 2.24) is 10.1 Å². The minimum Gasteiger partial charge on any atom is -0.460 e. The summed E-state index contributed by atoms with van der Waals surface area (Å²) in [7, 11) is 0. The summed E-state index contributed by atoms with van der Waals surface area (Å²) < 4.78 is 10.3. The van der Waals surface area contributed by atoms with Crippen molar-refractivity contribution in [3.8, 4) is 0 Å². The minimum atomic E-state index is -0.424. The molecule has 1 aromatic rings. The molecule has 0 saturated heterocycles. The molecule has 0 fully saturated rings. The summed E-state index contributed by atoms with van der Waals surface area (Å²) in [6.45, 7) is 9.60. The maximum atomic E-state index is 11.5. The van der Waals surface area contributed by atoms with Gasteiger partial charge in [-0.1, -0.05) is 19.0 Å². The average Bonchev–Trinajstić information content (AvgIpc) is 2.63. The molecule has 0 radical (unpaired) electrons. The summed E-state index contributed by atoms with van der Waals surface area (Å²) in [5, 5.41) is 3.87. The van der Waals surface area contributed by atoms with Crippen molar-refractivity contribution >= 4 is 5.97 Å². The monoisotopic (exact) mass is 254 g/mol.